The molecule has 3 heterocycles. The predicted octanol–water partition coefficient (Wildman–Crippen LogP) is 4.71. The van der Waals surface area contributed by atoms with Crippen molar-refractivity contribution < 1.29 is 18.8 Å². The Hall–Kier alpha value is -3.02. The van der Waals surface area contributed by atoms with Crippen molar-refractivity contribution in [1.29, 1.82) is 0 Å². The monoisotopic (exact) mass is 547 g/mol. The number of rotatable bonds is 8. The number of thiazole rings is 1. The third kappa shape index (κ3) is 6.80. The number of ether oxygens (including phenoxy) is 1. The molecule has 1 amide bonds. The summed E-state index contributed by atoms with van der Waals surface area (Å²) in [5.74, 6) is 0.289. The van der Waals surface area contributed by atoms with E-state index in [1.165, 1.54) is 0 Å². The van der Waals surface area contributed by atoms with Gasteiger partial charge < -0.3 is 24.8 Å². The lowest BCUT2D eigenvalue weighted by Gasteiger charge is -2.31. The van der Waals surface area contributed by atoms with Gasteiger partial charge in [-0.05, 0) is 56.2 Å². The number of benzene rings is 1. The Morgan fingerprint density at radius 2 is 2.03 bits per heavy atom. The molecule has 2 N–H and O–H groups in total. The second kappa shape index (κ2) is 12.3. The van der Waals surface area contributed by atoms with Crippen LogP contribution in [0.25, 0.3) is 11.5 Å². The van der Waals surface area contributed by atoms with E-state index in [9.17, 15) is 9.59 Å². The number of anilines is 1. The molecule has 3 aromatic rings. The maximum atomic E-state index is 12.6. The van der Waals surface area contributed by atoms with Gasteiger partial charge in [0, 0.05) is 54.1 Å². The third-order valence-corrected chi connectivity index (χ3v) is 7.20. The fourth-order valence-electron chi connectivity index (χ4n) is 3.81. The number of likely N-dealkylation sites (tertiary alicyclic amines) is 1. The minimum absolute atomic E-state index is 0.100. The Labute approximate surface area is 223 Å². The molecule has 0 saturated carbocycles. The number of carbonyl (C=O) groups is 2. The zero-order chi connectivity index (χ0) is 25.5. The standard InChI is InChI=1S/C24H26ClN5O4S2/c1-2-33-23(32)18-13-20(34-29-18)19-14-36-22(28-19)15-8-11-30(12-9-15)21(31)7-10-26-24(35)27-17-5-3-16(25)4-6-17/h3-6,13-15H,2,7-12H2,1H3,(H2,26,27,35). The molecule has 1 aromatic carbocycles. The van der Waals surface area contributed by atoms with Crippen molar-refractivity contribution in [2.45, 2.75) is 32.1 Å². The van der Waals surface area contributed by atoms with Crippen molar-refractivity contribution in [3.63, 3.8) is 0 Å². The maximum Gasteiger partial charge on any atom is 0.360 e. The van der Waals surface area contributed by atoms with Crippen molar-refractivity contribution in [3.8, 4) is 11.5 Å². The van der Waals surface area contributed by atoms with Gasteiger partial charge in [0.1, 0.15) is 5.69 Å². The van der Waals surface area contributed by atoms with E-state index >= 15 is 0 Å². The summed E-state index contributed by atoms with van der Waals surface area (Å²) in [7, 11) is 0. The SMILES string of the molecule is CCOC(=O)c1cc(-c2csc(C3CCN(C(=O)CCNC(=S)Nc4ccc(Cl)cc4)CC3)n2)on1. The molecule has 0 atom stereocenters. The summed E-state index contributed by atoms with van der Waals surface area (Å²) >= 11 is 12.7. The molecule has 9 nitrogen and oxygen atoms in total. The number of thiocarbonyl (C=S) groups is 1. The molecule has 4 rings (SSSR count). The highest BCUT2D eigenvalue weighted by atomic mass is 35.5. The van der Waals surface area contributed by atoms with Crippen LogP contribution < -0.4 is 10.6 Å². The van der Waals surface area contributed by atoms with E-state index in [0.29, 0.717) is 47.6 Å². The Bertz CT molecular complexity index is 1210. The first-order valence-electron chi connectivity index (χ1n) is 11.6. The average molecular weight is 548 g/mol. The van der Waals surface area contributed by atoms with Crippen LogP contribution in [0.2, 0.25) is 5.02 Å². The minimum atomic E-state index is -0.519. The van der Waals surface area contributed by atoms with Gasteiger partial charge in [-0.1, -0.05) is 16.8 Å². The van der Waals surface area contributed by atoms with Crippen LogP contribution in [0.3, 0.4) is 0 Å². The fourth-order valence-corrected chi connectivity index (χ4v) is 5.14. The van der Waals surface area contributed by atoms with Gasteiger partial charge in [0.05, 0.1) is 11.6 Å². The van der Waals surface area contributed by atoms with Gasteiger partial charge in [0.15, 0.2) is 16.6 Å². The van der Waals surface area contributed by atoms with E-state index in [1.807, 2.05) is 22.4 Å². The van der Waals surface area contributed by atoms with Crippen molar-refractivity contribution in [2.24, 2.45) is 0 Å². The smallest absolute Gasteiger partial charge is 0.360 e. The van der Waals surface area contributed by atoms with Crippen LogP contribution in [0.15, 0.2) is 40.2 Å². The largest absolute Gasteiger partial charge is 0.461 e. The summed E-state index contributed by atoms with van der Waals surface area (Å²) < 4.78 is 10.2. The molecule has 0 aliphatic carbocycles. The Morgan fingerprint density at radius 3 is 2.75 bits per heavy atom. The number of amides is 1. The van der Waals surface area contributed by atoms with Crippen LogP contribution >= 0.6 is 35.2 Å². The molecule has 2 aromatic heterocycles. The van der Waals surface area contributed by atoms with Gasteiger partial charge in [-0.3, -0.25) is 4.79 Å². The summed E-state index contributed by atoms with van der Waals surface area (Å²) in [6.07, 6.45) is 2.04. The van der Waals surface area contributed by atoms with E-state index in [-0.39, 0.29) is 24.1 Å². The molecule has 1 aliphatic heterocycles. The van der Waals surface area contributed by atoms with Crippen molar-refractivity contribution >= 4 is 57.8 Å². The first-order valence-corrected chi connectivity index (χ1v) is 13.3. The highest BCUT2D eigenvalue weighted by Gasteiger charge is 2.26. The van der Waals surface area contributed by atoms with Gasteiger partial charge in [-0.2, -0.15) is 0 Å². The number of nitrogens with zero attached hydrogens (tertiary/aromatic N) is 3. The molecule has 0 radical (unpaired) electrons. The number of hydrogen-bond donors (Lipinski definition) is 2. The summed E-state index contributed by atoms with van der Waals surface area (Å²) in [4.78, 5) is 31.0. The van der Waals surface area contributed by atoms with E-state index in [0.717, 1.165) is 23.5 Å². The van der Waals surface area contributed by atoms with Crippen LogP contribution in [0, 0.1) is 0 Å². The van der Waals surface area contributed by atoms with Crippen molar-refractivity contribution in [1.82, 2.24) is 20.4 Å². The number of aromatic nitrogens is 2. The van der Waals surface area contributed by atoms with Crippen LogP contribution in [0.5, 0.6) is 0 Å². The molecule has 1 fully saturated rings. The number of carbonyl (C=O) groups excluding carboxylic acids is 2. The second-order valence-electron chi connectivity index (χ2n) is 8.16. The highest BCUT2D eigenvalue weighted by molar-refractivity contribution is 7.80. The molecule has 1 aliphatic rings. The zero-order valence-corrected chi connectivity index (χ0v) is 22.0. The minimum Gasteiger partial charge on any atom is -0.461 e. The molecule has 1 saturated heterocycles. The summed E-state index contributed by atoms with van der Waals surface area (Å²) in [6.45, 7) is 3.83. The van der Waals surface area contributed by atoms with E-state index < -0.39 is 5.97 Å². The number of hydrogen-bond acceptors (Lipinski definition) is 8. The molecule has 0 unspecified atom stereocenters. The molecule has 190 valence electrons. The summed E-state index contributed by atoms with van der Waals surface area (Å²) in [5.41, 5.74) is 1.61. The lowest BCUT2D eigenvalue weighted by Crippen LogP contribution is -2.40. The number of halogens is 1. The maximum absolute atomic E-state index is 12.6. The Kier molecular flexibility index (Phi) is 8.89. The van der Waals surface area contributed by atoms with E-state index in [4.69, 9.17) is 38.1 Å². The number of nitrogens with one attached hydrogen (secondary N) is 2. The normalized spacial score (nSPS) is 13.9. The van der Waals surface area contributed by atoms with Crippen LogP contribution in [-0.4, -0.2) is 58.3 Å². The molecule has 0 bridgehead atoms. The zero-order valence-electron chi connectivity index (χ0n) is 19.7. The van der Waals surface area contributed by atoms with Gasteiger partial charge in [0.2, 0.25) is 5.91 Å². The molecule has 36 heavy (non-hydrogen) atoms. The number of esters is 1. The third-order valence-electron chi connectivity index (χ3n) is 5.69. The molecule has 12 heteroatoms. The van der Waals surface area contributed by atoms with Crippen molar-refractivity contribution in [2.75, 3.05) is 31.6 Å². The lowest BCUT2D eigenvalue weighted by atomic mass is 9.97. The van der Waals surface area contributed by atoms with Gasteiger partial charge in [0.25, 0.3) is 0 Å². The first-order chi connectivity index (χ1) is 17.4. The summed E-state index contributed by atoms with van der Waals surface area (Å²) in [6, 6.07) is 8.78. The quantitative estimate of drug-likeness (QED) is 0.306. The summed E-state index contributed by atoms with van der Waals surface area (Å²) in [5, 5.41) is 13.9. The molecular formula is C24H26ClN5O4S2. The van der Waals surface area contributed by atoms with Gasteiger partial charge in [-0.15, -0.1) is 11.3 Å². The van der Waals surface area contributed by atoms with Gasteiger partial charge in [-0.25, -0.2) is 9.78 Å². The van der Waals surface area contributed by atoms with Crippen LogP contribution in [0.1, 0.15) is 47.6 Å². The lowest BCUT2D eigenvalue weighted by molar-refractivity contribution is -0.132. The first kappa shape index (κ1) is 26.1. The molecule has 0 spiro atoms. The highest BCUT2D eigenvalue weighted by Crippen LogP contribution is 2.33. The average Bonchev–Trinajstić information content (AvgIpc) is 3.56. The predicted molar refractivity (Wildman–Crippen MR) is 142 cm³/mol. The Balaban J connectivity index is 1.20. The Morgan fingerprint density at radius 1 is 1.28 bits per heavy atom. The molecular weight excluding hydrogens is 522 g/mol. The van der Waals surface area contributed by atoms with Gasteiger partial charge >= 0.3 is 5.97 Å². The van der Waals surface area contributed by atoms with Crippen LogP contribution in [0.4, 0.5) is 5.69 Å². The number of piperidine rings is 1. The van der Waals surface area contributed by atoms with Crippen molar-refractivity contribution in [3.05, 3.63) is 51.4 Å². The fraction of sp³-hybridized carbons (Fsp3) is 0.375. The van der Waals surface area contributed by atoms with E-state index in [1.54, 1.807) is 36.5 Å². The second-order valence-corrected chi connectivity index (χ2v) is 9.90. The topological polar surface area (TPSA) is 110 Å². The van der Waals surface area contributed by atoms with E-state index in [2.05, 4.69) is 15.8 Å². The van der Waals surface area contributed by atoms with Crippen LogP contribution in [-0.2, 0) is 9.53 Å².